The Morgan fingerprint density at radius 3 is 2.85 bits per heavy atom. The Balaban J connectivity index is 1.32. The standard InChI is InChI=1S/C22H26N4O/c1-16-6-3-4-8-19(16)18-9-12-25(15-18)13-10-23-22(27)20-14-24-26-11-5-7-17(2)21(20)26/h3-8,11,14,18H,9-10,12-13,15H2,1-2H3,(H,23,27). The van der Waals surface area contributed by atoms with E-state index < -0.39 is 0 Å². The quantitative estimate of drug-likeness (QED) is 0.758. The normalized spacial score (nSPS) is 17.5. The zero-order chi connectivity index (χ0) is 18.8. The van der Waals surface area contributed by atoms with E-state index in [1.165, 1.54) is 17.5 Å². The van der Waals surface area contributed by atoms with Gasteiger partial charge in [-0.15, -0.1) is 0 Å². The highest BCUT2D eigenvalue weighted by Crippen LogP contribution is 2.28. The molecule has 1 atom stereocenters. The van der Waals surface area contributed by atoms with Crippen molar-refractivity contribution in [3.05, 3.63) is 71.0 Å². The molecule has 27 heavy (non-hydrogen) atoms. The van der Waals surface area contributed by atoms with Crippen molar-refractivity contribution in [1.82, 2.24) is 19.8 Å². The number of rotatable bonds is 5. The highest BCUT2D eigenvalue weighted by molar-refractivity contribution is 6.01. The Labute approximate surface area is 160 Å². The molecule has 0 saturated carbocycles. The second-order valence-electron chi connectivity index (χ2n) is 7.44. The van der Waals surface area contributed by atoms with Crippen LogP contribution >= 0.6 is 0 Å². The van der Waals surface area contributed by atoms with E-state index in [0.717, 1.165) is 30.7 Å². The predicted molar refractivity (Wildman–Crippen MR) is 107 cm³/mol. The fraction of sp³-hybridized carbons (Fsp3) is 0.364. The maximum atomic E-state index is 12.6. The van der Waals surface area contributed by atoms with Gasteiger partial charge in [0.15, 0.2) is 0 Å². The van der Waals surface area contributed by atoms with Crippen LogP contribution in [0, 0.1) is 13.8 Å². The summed E-state index contributed by atoms with van der Waals surface area (Å²) in [5.74, 6) is 0.554. The number of carbonyl (C=O) groups excluding carboxylic acids is 1. The van der Waals surface area contributed by atoms with Crippen molar-refractivity contribution in [1.29, 1.82) is 0 Å². The van der Waals surface area contributed by atoms with Crippen LogP contribution in [0.4, 0.5) is 0 Å². The summed E-state index contributed by atoms with van der Waals surface area (Å²) in [6, 6.07) is 12.6. The van der Waals surface area contributed by atoms with E-state index in [9.17, 15) is 4.79 Å². The van der Waals surface area contributed by atoms with Crippen LogP contribution in [0.2, 0.25) is 0 Å². The van der Waals surface area contributed by atoms with Gasteiger partial charge in [0.25, 0.3) is 5.91 Å². The number of nitrogens with one attached hydrogen (secondary N) is 1. The number of carbonyl (C=O) groups is 1. The molecule has 0 aliphatic carbocycles. The molecule has 3 aromatic rings. The van der Waals surface area contributed by atoms with Gasteiger partial charge >= 0.3 is 0 Å². The molecule has 0 radical (unpaired) electrons. The van der Waals surface area contributed by atoms with Crippen LogP contribution in [-0.2, 0) is 0 Å². The summed E-state index contributed by atoms with van der Waals surface area (Å²) >= 11 is 0. The molecule has 1 unspecified atom stereocenters. The van der Waals surface area contributed by atoms with Crippen molar-refractivity contribution in [2.45, 2.75) is 26.2 Å². The average Bonchev–Trinajstić information content (AvgIpc) is 3.30. The highest BCUT2D eigenvalue weighted by atomic mass is 16.1. The van der Waals surface area contributed by atoms with E-state index in [1.807, 2.05) is 25.3 Å². The van der Waals surface area contributed by atoms with Crippen molar-refractivity contribution in [3.63, 3.8) is 0 Å². The number of aryl methyl sites for hydroxylation is 2. The first-order chi connectivity index (χ1) is 13.1. The third kappa shape index (κ3) is 3.60. The maximum Gasteiger partial charge on any atom is 0.255 e. The second kappa shape index (κ2) is 7.53. The lowest BCUT2D eigenvalue weighted by atomic mass is 9.94. The summed E-state index contributed by atoms with van der Waals surface area (Å²) in [4.78, 5) is 15.0. The number of fused-ring (bicyclic) bond motifs is 1. The zero-order valence-electron chi connectivity index (χ0n) is 16.0. The highest BCUT2D eigenvalue weighted by Gasteiger charge is 2.24. The summed E-state index contributed by atoms with van der Waals surface area (Å²) < 4.78 is 1.76. The van der Waals surface area contributed by atoms with Gasteiger partial charge in [-0.05, 0) is 55.5 Å². The molecular formula is C22H26N4O. The van der Waals surface area contributed by atoms with Gasteiger partial charge < -0.3 is 10.2 Å². The predicted octanol–water partition coefficient (Wildman–Crippen LogP) is 3.17. The molecule has 1 aromatic carbocycles. The first-order valence-electron chi connectivity index (χ1n) is 9.62. The minimum Gasteiger partial charge on any atom is -0.351 e. The van der Waals surface area contributed by atoms with Gasteiger partial charge in [-0.2, -0.15) is 5.10 Å². The SMILES string of the molecule is Cc1ccccc1C1CCN(CCNC(=O)c2cnn3cccc(C)c23)C1. The lowest BCUT2D eigenvalue weighted by molar-refractivity contribution is 0.0951. The number of hydrogen-bond donors (Lipinski definition) is 1. The van der Waals surface area contributed by atoms with Crippen molar-refractivity contribution >= 4 is 11.4 Å². The van der Waals surface area contributed by atoms with Gasteiger partial charge in [0, 0.05) is 25.8 Å². The number of nitrogens with zero attached hydrogens (tertiary/aromatic N) is 3. The van der Waals surface area contributed by atoms with Crippen LogP contribution < -0.4 is 5.32 Å². The fourth-order valence-electron chi connectivity index (χ4n) is 4.14. The van der Waals surface area contributed by atoms with E-state index in [4.69, 9.17) is 0 Å². The van der Waals surface area contributed by atoms with E-state index in [-0.39, 0.29) is 5.91 Å². The summed E-state index contributed by atoms with van der Waals surface area (Å²) in [6.45, 7) is 7.89. The topological polar surface area (TPSA) is 49.6 Å². The van der Waals surface area contributed by atoms with Gasteiger partial charge in [0.1, 0.15) is 0 Å². The molecule has 1 fully saturated rings. The molecule has 5 nitrogen and oxygen atoms in total. The van der Waals surface area contributed by atoms with Crippen LogP contribution in [0.25, 0.3) is 5.52 Å². The Kier molecular flexibility index (Phi) is 4.94. The van der Waals surface area contributed by atoms with Gasteiger partial charge in [-0.25, -0.2) is 4.52 Å². The maximum absolute atomic E-state index is 12.6. The molecule has 3 heterocycles. The van der Waals surface area contributed by atoms with Crippen molar-refractivity contribution < 1.29 is 4.79 Å². The van der Waals surface area contributed by atoms with Crippen LogP contribution in [0.3, 0.4) is 0 Å². The van der Waals surface area contributed by atoms with Crippen molar-refractivity contribution in [2.75, 3.05) is 26.2 Å². The van der Waals surface area contributed by atoms with E-state index >= 15 is 0 Å². The van der Waals surface area contributed by atoms with Gasteiger partial charge in [-0.1, -0.05) is 30.3 Å². The van der Waals surface area contributed by atoms with E-state index in [2.05, 4.69) is 46.5 Å². The van der Waals surface area contributed by atoms with Crippen molar-refractivity contribution in [3.8, 4) is 0 Å². The molecule has 0 spiro atoms. The number of aromatic nitrogens is 2. The van der Waals surface area contributed by atoms with Crippen LogP contribution in [0.1, 0.15) is 39.4 Å². The number of pyridine rings is 1. The molecular weight excluding hydrogens is 336 g/mol. The molecule has 1 amide bonds. The lowest BCUT2D eigenvalue weighted by Crippen LogP contribution is -2.33. The third-order valence-corrected chi connectivity index (χ3v) is 5.60. The van der Waals surface area contributed by atoms with E-state index in [0.29, 0.717) is 18.0 Å². The zero-order valence-corrected chi connectivity index (χ0v) is 16.0. The van der Waals surface area contributed by atoms with Gasteiger partial charge in [0.05, 0.1) is 17.3 Å². The summed E-state index contributed by atoms with van der Waals surface area (Å²) in [5, 5.41) is 7.35. The Hall–Kier alpha value is -2.66. The Morgan fingerprint density at radius 1 is 1.19 bits per heavy atom. The molecule has 5 heteroatoms. The molecule has 1 aliphatic rings. The molecule has 1 saturated heterocycles. The Morgan fingerprint density at radius 2 is 2.00 bits per heavy atom. The summed E-state index contributed by atoms with van der Waals surface area (Å²) in [5.41, 5.74) is 5.43. The molecule has 1 aliphatic heterocycles. The number of benzene rings is 1. The first-order valence-corrected chi connectivity index (χ1v) is 9.62. The van der Waals surface area contributed by atoms with Gasteiger partial charge in [0.2, 0.25) is 0 Å². The molecule has 140 valence electrons. The smallest absolute Gasteiger partial charge is 0.255 e. The lowest BCUT2D eigenvalue weighted by Gasteiger charge is -2.17. The molecule has 4 rings (SSSR count). The molecule has 0 bridgehead atoms. The molecule has 1 N–H and O–H groups in total. The first kappa shape index (κ1) is 17.7. The minimum absolute atomic E-state index is 0.0473. The largest absolute Gasteiger partial charge is 0.351 e. The fourth-order valence-corrected chi connectivity index (χ4v) is 4.14. The number of hydrogen-bond acceptors (Lipinski definition) is 3. The third-order valence-electron chi connectivity index (χ3n) is 5.60. The van der Waals surface area contributed by atoms with Crippen LogP contribution in [0.5, 0.6) is 0 Å². The van der Waals surface area contributed by atoms with Gasteiger partial charge in [-0.3, -0.25) is 4.79 Å². The second-order valence-corrected chi connectivity index (χ2v) is 7.44. The van der Waals surface area contributed by atoms with E-state index in [1.54, 1.807) is 10.7 Å². The minimum atomic E-state index is -0.0473. The Bertz CT molecular complexity index is 962. The van der Waals surface area contributed by atoms with Crippen LogP contribution in [0.15, 0.2) is 48.8 Å². The molecule has 2 aromatic heterocycles. The monoisotopic (exact) mass is 362 g/mol. The summed E-state index contributed by atoms with van der Waals surface area (Å²) in [7, 11) is 0. The summed E-state index contributed by atoms with van der Waals surface area (Å²) in [6.07, 6.45) is 4.71. The van der Waals surface area contributed by atoms with Crippen molar-refractivity contribution in [2.24, 2.45) is 0 Å². The van der Waals surface area contributed by atoms with Crippen LogP contribution in [-0.4, -0.2) is 46.6 Å². The number of likely N-dealkylation sites (tertiary alicyclic amines) is 1. The average molecular weight is 362 g/mol. The number of amides is 1.